The molecule has 0 heterocycles. The van der Waals surface area contributed by atoms with Crippen LogP contribution in [0.2, 0.25) is 5.02 Å². The van der Waals surface area contributed by atoms with E-state index in [4.69, 9.17) is 17.3 Å². The number of benzene rings is 2. The van der Waals surface area contributed by atoms with Gasteiger partial charge in [-0.25, -0.2) is 0 Å². The number of carbonyl (C=O) groups excluding carboxylic acids is 1. The summed E-state index contributed by atoms with van der Waals surface area (Å²) in [6.07, 6.45) is 0. The van der Waals surface area contributed by atoms with Gasteiger partial charge in [-0.2, -0.15) is 0 Å². The van der Waals surface area contributed by atoms with E-state index in [2.05, 4.69) is 5.32 Å². The van der Waals surface area contributed by atoms with Crippen LogP contribution in [0.4, 0.5) is 11.4 Å². The molecule has 3 N–H and O–H groups in total. The number of carbonyl (C=O) groups is 1. The lowest BCUT2D eigenvalue weighted by atomic mass is 10.1. The van der Waals surface area contributed by atoms with Gasteiger partial charge in [-0.15, -0.1) is 0 Å². The number of nitrogens with two attached hydrogens (primary N) is 1. The third-order valence-corrected chi connectivity index (χ3v) is 3.09. The Bertz CT molecular complexity index is 686. The predicted octanol–water partition coefficient (Wildman–Crippen LogP) is 2.96. The van der Waals surface area contributed by atoms with Crippen molar-refractivity contribution in [3.8, 4) is 0 Å². The Balaban J connectivity index is 2.24. The minimum atomic E-state index is -0.598. The summed E-state index contributed by atoms with van der Waals surface area (Å²) >= 11 is 5.72. The molecule has 7 heteroatoms. The van der Waals surface area contributed by atoms with Gasteiger partial charge < -0.3 is 11.1 Å². The van der Waals surface area contributed by atoms with E-state index in [0.29, 0.717) is 12.1 Å². The van der Waals surface area contributed by atoms with Crippen molar-refractivity contribution in [1.29, 1.82) is 0 Å². The van der Waals surface area contributed by atoms with Crippen molar-refractivity contribution in [2.45, 2.75) is 6.54 Å². The van der Waals surface area contributed by atoms with Crippen LogP contribution in [0.25, 0.3) is 0 Å². The molecule has 0 saturated carbocycles. The first kappa shape index (κ1) is 15.0. The molecular formula is C14H12ClN3O3. The van der Waals surface area contributed by atoms with Crippen LogP contribution < -0.4 is 11.1 Å². The van der Waals surface area contributed by atoms with E-state index in [1.807, 2.05) is 0 Å². The number of anilines is 1. The van der Waals surface area contributed by atoms with Crippen molar-refractivity contribution in [3.63, 3.8) is 0 Å². The Morgan fingerprint density at radius 2 is 1.90 bits per heavy atom. The summed E-state index contributed by atoms with van der Waals surface area (Å²) in [5, 5.41) is 13.7. The van der Waals surface area contributed by atoms with Crippen molar-refractivity contribution in [1.82, 2.24) is 0 Å². The van der Waals surface area contributed by atoms with Gasteiger partial charge in [0.25, 0.3) is 11.6 Å². The van der Waals surface area contributed by atoms with Crippen LogP contribution in [0, 0.1) is 10.1 Å². The molecule has 0 unspecified atom stereocenters. The van der Waals surface area contributed by atoms with Crippen molar-refractivity contribution in [2.75, 3.05) is 5.32 Å². The van der Waals surface area contributed by atoms with Crippen LogP contribution >= 0.6 is 11.6 Å². The smallest absolute Gasteiger partial charge is 0.294 e. The van der Waals surface area contributed by atoms with E-state index in [0.717, 1.165) is 5.56 Å². The largest absolute Gasteiger partial charge is 0.326 e. The maximum Gasteiger partial charge on any atom is 0.294 e. The number of nitro groups is 1. The van der Waals surface area contributed by atoms with Crippen molar-refractivity contribution in [3.05, 3.63) is 68.7 Å². The third-order valence-electron chi connectivity index (χ3n) is 2.86. The highest BCUT2D eigenvalue weighted by Crippen LogP contribution is 2.28. The zero-order valence-electron chi connectivity index (χ0n) is 10.9. The van der Waals surface area contributed by atoms with Gasteiger partial charge in [0, 0.05) is 23.2 Å². The highest BCUT2D eigenvalue weighted by molar-refractivity contribution is 6.31. The fourth-order valence-corrected chi connectivity index (χ4v) is 1.91. The number of nitrogens with one attached hydrogen (secondary N) is 1. The number of halogens is 1. The summed E-state index contributed by atoms with van der Waals surface area (Å²) in [6, 6.07) is 10.7. The van der Waals surface area contributed by atoms with Gasteiger partial charge in [0.15, 0.2) is 0 Å². The second-order valence-electron chi connectivity index (χ2n) is 4.27. The standard InChI is InChI=1S/C14H12ClN3O3/c15-11-5-6-12(13(7-11)18(20)21)17-14(19)10-3-1-9(8-16)2-4-10/h1-7H,8,16H2,(H,17,19). The van der Waals surface area contributed by atoms with E-state index in [-0.39, 0.29) is 16.4 Å². The maximum absolute atomic E-state index is 12.1. The third kappa shape index (κ3) is 3.56. The number of rotatable bonds is 4. The van der Waals surface area contributed by atoms with Gasteiger partial charge in [-0.3, -0.25) is 14.9 Å². The van der Waals surface area contributed by atoms with E-state index < -0.39 is 10.8 Å². The van der Waals surface area contributed by atoms with Crippen LogP contribution in [0.3, 0.4) is 0 Å². The number of nitro benzene ring substituents is 1. The number of hydrogen-bond donors (Lipinski definition) is 2. The number of amides is 1. The van der Waals surface area contributed by atoms with Gasteiger partial charge in [0.1, 0.15) is 5.69 Å². The molecule has 0 aromatic heterocycles. The molecular weight excluding hydrogens is 294 g/mol. The molecule has 6 nitrogen and oxygen atoms in total. The lowest BCUT2D eigenvalue weighted by Gasteiger charge is -2.07. The fraction of sp³-hybridized carbons (Fsp3) is 0.0714. The Hall–Kier alpha value is -2.44. The summed E-state index contributed by atoms with van der Waals surface area (Å²) in [7, 11) is 0. The van der Waals surface area contributed by atoms with Crippen LogP contribution in [0.15, 0.2) is 42.5 Å². The quantitative estimate of drug-likeness (QED) is 0.670. The molecule has 0 aliphatic rings. The molecule has 0 radical (unpaired) electrons. The summed E-state index contributed by atoms with van der Waals surface area (Å²) < 4.78 is 0. The summed E-state index contributed by atoms with van der Waals surface area (Å²) in [4.78, 5) is 22.4. The summed E-state index contributed by atoms with van der Waals surface area (Å²) in [5.41, 5.74) is 6.60. The summed E-state index contributed by atoms with van der Waals surface area (Å²) in [5.74, 6) is -0.441. The molecule has 0 saturated heterocycles. The Kier molecular flexibility index (Phi) is 4.52. The van der Waals surface area contributed by atoms with Gasteiger partial charge >= 0.3 is 0 Å². The molecule has 0 bridgehead atoms. The minimum Gasteiger partial charge on any atom is -0.326 e. The Morgan fingerprint density at radius 3 is 2.48 bits per heavy atom. The van der Waals surface area contributed by atoms with Crippen molar-refractivity contribution < 1.29 is 9.72 Å². The molecule has 0 spiro atoms. The van der Waals surface area contributed by atoms with Crippen molar-refractivity contribution in [2.24, 2.45) is 5.73 Å². The number of hydrogen-bond acceptors (Lipinski definition) is 4. The highest BCUT2D eigenvalue weighted by atomic mass is 35.5. The summed E-state index contributed by atoms with van der Waals surface area (Å²) in [6.45, 7) is 0.380. The first-order valence-corrected chi connectivity index (χ1v) is 6.43. The molecule has 108 valence electrons. The molecule has 0 fully saturated rings. The average Bonchev–Trinajstić information content (AvgIpc) is 2.49. The van der Waals surface area contributed by atoms with Gasteiger partial charge in [-0.1, -0.05) is 23.7 Å². The van der Waals surface area contributed by atoms with Crippen LogP contribution in [0.5, 0.6) is 0 Å². The Labute approximate surface area is 125 Å². The second-order valence-corrected chi connectivity index (χ2v) is 4.71. The lowest BCUT2D eigenvalue weighted by molar-refractivity contribution is -0.383. The van der Waals surface area contributed by atoms with E-state index in [1.165, 1.54) is 18.2 Å². The van der Waals surface area contributed by atoms with Crippen molar-refractivity contribution >= 4 is 28.9 Å². The molecule has 2 aromatic carbocycles. The molecule has 1 amide bonds. The first-order valence-electron chi connectivity index (χ1n) is 6.05. The molecule has 2 aromatic rings. The topological polar surface area (TPSA) is 98.3 Å². The number of nitrogens with zero attached hydrogens (tertiary/aromatic N) is 1. The van der Waals surface area contributed by atoms with Crippen LogP contribution in [0.1, 0.15) is 15.9 Å². The average molecular weight is 306 g/mol. The second kappa shape index (κ2) is 6.34. The van der Waals surface area contributed by atoms with Gasteiger partial charge in [0.2, 0.25) is 0 Å². The van der Waals surface area contributed by atoms with Gasteiger partial charge in [-0.05, 0) is 29.8 Å². The Morgan fingerprint density at radius 1 is 1.24 bits per heavy atom. The molecule has 21 heavy (non-hydrogen) atoms. The van der Waals surface area contributed by atoms with E-state index in [9.17, 15) is 14.9 Å². The van der Waals surface area contributed by atoms with E-state index >= 15 is 0 Å². The minimum absolute atomic E-state index is 0.0947. The first-order chi connectivity index (χ1) is 10.0. The van der Waals surface area contributed by atoms with E-state index in [1.54, 1.807) is 24.3 Å². The molecule has 2 rings (SSSR count). The maximum atomic E-state index is 12.1. The molecule has 0 atom stereocenters. The zero-order chi connectivity index (χ0) is 15.4. The SMILES string of the molecule is NCc1ccc(C(=O)Nc2ccc(Cl)cc2[N+](=O)[O-])cc1. The predicted molar refractivity (Wildman–Crippen MR) is 80.4 cm³/mol. The van der Waals surface area contributed by atoms with Crippen LogP contribution in [-0.4, -0.2) is 10.8 Å². The fourth-order valence-electron chi connectivity index (χ4n) is 1.75. The van der Waals surface area contributed by atoms with Gasteiger partial charge in [0.05, 0.1) is 4.92 Å². The molecule has 0 aliphatic carbocycles. The molecule has 0 aliphatic heterocycles. The zero-order valence-corrected chi connectivity index (χ0v) is 11.6. The van der Waals surface area contributed by atoms with Crippen LogP contribution in [-0.2, 0) is 6.54 Å². The lowest BCUT2D eigenvalue weighted by Crippen LogP contribution is -2.13. The normalized spacial score (nSPS) is 10.2. The monoisotopic (exact) mass is 305 g/mol. The highest BCUT2D eigenvalue weighted by Gasteiger charge is 2.17.